The van der Waals surface area contributed by atoms with Crippen LogP contribution in [0.4, 0.5) is 4.79 Å². The van der Waals surface area contributed by atoms with Crippen molar-refractivity contribution in [2.45, 2.75) is 69.5 Å². The number of hydrogen-bond donors (Lipinski definition) is 2. The smallest absolute Gasteiger partial charge is 0.404 e. The lowest BCUT2D eigenvalue weighted by Crippen LogP contribution is -3.00. The zero-order chi connectivity index (χ0) is 19.7. The van der Waals surface area contributed by atoms with Crippen LogP contribution in [0.25, 0.3) is 0 Å². The number of nitrogens with two attached hydrogens (primary N) is 1. The SMILES string of the molecule is COC1C(OC(N)=O)CCC(O)(C[S+](C)C)C1C1(C)OC1CC=C(C)C.[I-]. The van der Waals surface area contributed by atoms with Gasteiger partial charge in [0.1, 0.15) is 29.2 Å². The maximum absolute atomic E-state index is 11.6. The first-order valence-corrected chi connectivity index (χ1v) is 11.3. The molecule has 0 spiro atoms. The molecule has 1 heterocycles. The van der Waals surface area contributed by atoms with E-state index in [1.807, 2.05) is 6.92 Å². The van der Waals surface area contributed by atoms with Crippen molar-refractivity contribution in [3.8, 4) is 0 Å². The Kier molecular flexibility index (Phi) is 8.93. The maximum Gasteiger partial charge on any atom is 0.404 e. The van der Waals surface area contributed by atoms with Crippen molar-refractivity contribution < 1.29 is 48.1 Å². The molecular formula is C19H34INO5S. The molecule has 1 saturated carbocycles. The average Bonchev–Trinajstić information content (AvgIpc) is 3.16. The Morgan fingerprint density at radius 1 is 1.41 bits per heavy atom. The van der Waals surface area contributed by atoms with Crippen molar-refractivity contribution in [3.63, 3.8) is 0 Å². The molecule has 1 amide bonds. The largest absolute Gasteiger partial charge is 1.00 e. The van der Waals surface area contributed by atoms with Crippen LogP contribution < -0.4 is 29.7 Å². The summed E-state index contributed by atoms with van der Waals surface area (Å²) in [6.07, 6.45) is 6.56. The first-order chi connectivity index (χ1) is 12.0. The minimum absolute atomic E-state index is 0. The first-order valence-electron chi connectivity index (χ1n) is 9.10. The summed E-state index contributed by atoms with van der Waals surface area (Å²) in [5.41, 5.74) is 5.06. The number of halogens is 1. The third-order valence-electron chi connectivity index (χ3n) is 5.55. The molecule has 6 atom stereocenters. The van der Waals surface area contributed by atoms with Gasteiger partial charge in [-0.1, -0.05) is 11.6 Å². The average molecular weight is 515 g/mol. The second-order valence-electron chi connectivity index (χ2n) is 8.23. The van der Waals surface area contributed by atoms with Crippen LogP contribution in [0.1, 0.15) is 40.0 Å². The summed E-state index contributed by atoms with van der Waals surface area (Å²) in [5.74, 6) is 0.387. The van der Waals surface area contributed by atoms with Gasteiger partial charge in [-0.05, 0) is 50.9 Å². The maximum atomic E-state index is 11.6. The van der Waals surface area contributed by atoms with Gasteiger partial charge in [-0.25, -0.2) is 4.79 Å². The molecule has 3 N–H and O–H groups in total. The molecule has 8 heteroatoms. The summed E-state index contributed by atoms with van der Waals surface area (Å²) in [6.45, 7) is 6.16. The van der Waals surface area contributed by atoms with Crippen LogP contribution in [0.5, 0.6) is 0 Å². The lowest BCUT2D eigenvalue weighted by atomic mass is 9.66. The van der Waals surface area contributed by atoms with Gasteiger partial charge in [0.2, 0.25) is 0 Å². The second-order valence-corrected chi connectivity index (χ2v) is 10.5. The van der Waals surface area contributed by atoms with Crippen molar-refractivity contribution in [2.24, 2.45) is 11.7 Å². The van der Waals surface area contributed by atoms with E-state index >= 15 is 0 Å². The lowest BCUT2D eigenvalue weighted by Gasteiger charge is -2.47. The number of amides is 1. The van der Waals surface area contributed by atoms with E-state index < -0.39 is 29.5 Å². The predicted octanol–water partition coefficient (Wildman–Crippen LogP) is -0.998. The van der Waals surface area contributed by atoms with Gasteiger partial charge in [0.05, 0.1) is 24.5 Å². The highest BCUT2D eigenvalue weighted by molar-refractivity contribution is 7.95. The topological polar surface area (TPSA) is 94.3 Å². The molecule has 0 bridgehead atoms. The molecule has 0 radical (unpaired) electrons. The molecule has 158 valence electrons. The van der Waals surface area contributed by atoms with E-state index in [4.69, 9.17) is 19.9 Å². The van der Waals surface area contributed by atoms with Crippen LogP contribution in [0, 0.1) is 5.92 Å². The summed E-state index contributed by atoms with van der Waals surface area (Å²) < 4.78 is 17.2. The molecule has 2 aliphatic rings. The Balaban J connectivity index is 0.00000364. The number of allylic oxidation sites excluding steroid dienone is 1. The van der Waals surface area contributed by atoms with Crippen LogP contribution in [-0.4, -0.2) is 66.1 Å². The Morgan fingerprint density at radius 2 is 2.04 bits per heavy atom. The summed E-state index contributed by atoms with van der Waals surface area (Å²) in [6, 6.07) is 0. The van der Waals surface area contributed by atoms with E-state index in [0.717, 1.165) is 6.42 Å². The zero-order valence-electron chi connectivity index (χ0n) is 17.2. The molecule has 6 nitrogen and oxygen atoms in total. The third-order valence-corrected chi connectivity index (χ3v) is 6.63. The van der Waals surface area contributed by atoms with E-state index in [-0.39, 0.29) is 46.9 Å². The Bertz CT molecular complexity index is 556. The zero-order valence-corrected chi connectivity index (χ0v) is 20.1. The number of epoxide rings is 1. The minimum atomic E-state index is -0.917. The Hall–Kier alpha value is -0.0300. The van der Waals surface area contributed by atoms with Crippen LogP contribution in [-0.2, 0) is 25.1 Å². The summed E-state index contributed by atoms with van der Waals surface area (Å²) in [5, 5.41) is 11.6. The molecule has 1 saturated heterocycles. The minimum Gasteiger partial charge on any atom is -1.00 e. The fraction of sp³-hybridized carbons (Fsp3) is 0.842. The summed E-state index contributed by atoms with van der Waals surface area (Å²) in [4.78, 5) is 11.3. The van der Waals surface area contributed by atoms with Gasteiger partial charge >= 0.3 is 6.09 Å². The molecule has 1 aliphatic heterocycles. The molecule has 0 aromatic heterocycles. The fourth-order valence-electron chi connectivity index (χ4n) is 4.49. The number of carbonyl (C=O) groups is 1. The van der Waals surface area contributed by atoms with E-state index in [9.17, 15) is 9.90 Å². The monoisotopic (exact) mass is 515 g/mol. The molecule has 0 aromatic rings. The van der Waals surface area contributed by atoms with E-state index in [1.165, 1.54) is 5.57 Å². The molecule has 6 unspecified atom stereocenters. The van der Waals surface area contributed by atoms with Crippen molar-refractivity contribution in [3.05, 3.63) is 11.6 Å². The Labute approximate surface area is 182 Å². The lowest BCUT2D eigenvalue weighted by molar-refractivity contribution is -0.169. The van der Waals surface area contributed by atoms with Crippen LogP contribution in [0.2, 0.25) is 0 Å². The number of aliphatic hydroxyl groups is 1. The Morgan fingerprint density at radius 3 is 2.52 bits per heavy atom. The second kappa shape index (κ2) is 9.65. The normalized spacial score (nSPS) is 38.1. The highest BCUT2D eigenvalue weighted by Gasteiger charge is 2.68. The molecule has 2 rings (SSSR count). The van der Waals surface area contributed by atoms with Gasteiger partial charge in [-0.15, -0.1) is 0 Å². The third kappa shape index (κ3) is 5.74. The standard InChI is InChI=1S/C19H33NO5S.HI/c1-12(2)7-8-14-18(3,25-14)16-15(23-4)13(24-17(20)21)9-10-19(16,22)11-26(5)6;/h7,13-16,22H,8-11H2,1-6H3,(H-,20,21);1H. The van der Waals surface area contributed by atoms with Crippen molar-refractivity contribution in [1.82, 2.24) is 0 Å². The van der Waals surface area contributed by atoms with E-state index in [0.29, 0.717) is 18.6 Å². The van der Waals surface area contributed by atoms with E-state index in [2.05, 4.69) is 32.4 Å². The summed E-state index contributed by atoms with van der Waals surface area (Å²) in [7, 11) is 1.65. The molecular weight excluding hydrogens is 481 g/mol. The number of carbonyl (C=O) groups excluding carboxylic acids is 1. The van der Waals surface area contributed by atoms with Crippen molar-refractivity contribution >= 4 is 17.0 Å². The molecule has 2 fully saturated rings. The van der Waals surface area contributed by atoms with Gasteiger partial charge in [0, 0.05) is 7.11 Å². The van der Waals surface area contributed by atoms with Crippen molar-refractivity contribution in [1.29, 1.82) is 0 Å². The number of primary amides is 1. The number of hydrogen-bond acceptors (Lipinski definition) is 5. The van der Waals surface area contributed by atoms with E-state index in [1.54, 1.807) is 7.11 Å². The quantitative estimate of drug-likeness (QED) is 0.197. The number of ether oxygens (including phenoxy) is 3. The van der Waals surface area contributed by atoms with Crippen molar-refractivity contribution in [2.75, 3.05) is 25.4 Å². The molecule has 27 heavy (non-hydrogen) atoms. The van der Waals surface area contributed by atoms with Gasteiger partial charge < -0.3 is 49.0 Å². The van der Waals surface area contributed by atoms with Crippen LogP contribution >= 0.6 is 0 Å². The highest BCUT2D eigenvalue weighted by atomic mass is 127. The van der Waals surface area contributed by atoms with Gasteiger partial charge in [-0.3, -0.25) is 0 Å². The van der Waals surface area contributed by atoms with Gasteiger partial charge in [0.15, 0.2) is 0 Å². The van der Waals surface area contributed by atoms with Gasteiger partial charge in [-0.2, -0.15) is 0 Å². The first kappa shape index (κ1) is 25.0. The number of methoxy groups -OCH3 is 1. The summed E-state index contributed by atoms with van der Waals surface area (Å²) >= 11 is 0. The fourth-order valence-corrected chi connectivity index (χ4v) is 5.81. The number of rotatable bonds is 7. The van der Waals surface area contributed by atoms with Crippen LogP contribution in [0.3, 0.4) is 0 Å². The van der Waals surface area contributed by atoms with Gasteiger partial charge in [0.25, 0.3) is 0 Å². The van der Waals surface area contributed by atoms with Crippen LogP contribution in [0.15, 0.2) is 11.6 Å². The molecule has 0 aromatic carbocycles. The highest BCUT2D eigenvalue weighted by Crippen LogP contribution is 2.54. The molecule has 1 aliphatic carbocycles. The predicted molar refractivity (Wildman–Crippen MR) is 104 cm³/mol.